The van der Waals surface area contributed by atoms with Crippen molar-refractivity contribution in [2.45, 2.75) is 6.61 Å². The highest BCUT2D eigenvalue weighted by Crippen LogP contribution is 2.24. The summed E-state index contributed by atoms with van der Waals surface area (Å²) in [5.41, 5.74) is 1.48. The molecule has 1 aliphatic rings. The van der Waals surface area contributed by atoms with Gasteiger partial charge in [-0.1, -0.05) is 12.1 Å². The predicted octanol–water partition coefficient (Wildman–Crippen LogP) is 1.46. The van der Waals surface area contributed by atoms with Crippen molar-refractivity contribution in [3.63, 3.8) is 0 Å². The topological polar surface area (TPSA) is 46.5 Å². The minimum atomic E-state index is -0.379. The molecule has 0 spiro atoms. The molecule has 1 N–H and O–H groups in total. The molecule has 1 aromatic rings. The Balaban J connectivity index is 2.52. The Hall–Kier alpha value is -1.77. The summed E-state index contributed by atoms with van der Waals surface area (Å²) < 4.78 is 4.82. The first kappa shape index (κ1) is 7.86. The number of benzene rings is 1. The Bertz CT molecular complexity index is 380. The van der Waals surface area contributed by atoms with Crippen molar-refractivity contribution in [1.82, 2.24) is 0 Å². The number of cyclic esters (lactones) is 1. The van der Waals surface area contributed by atoms with Gasteiger partial charge in [-0.3, -0.25) is 0 Å². The molecule has 0 radical (unpaired) electrons. The van der Waals surface area contributed by atoms with Crippen LogP contribution in [0.2, 0.25) is 0 Å². The maximum Gasteiger partial charge on any atom is 0.331 e. The van der Waals surface area contributed by atoms with Crippen LogP contribution in [-0.4, -0.2) is 11.1 Å². The first-order chi connectivity index (χ1) is 6.27. The molecule has 66 valence electrons. The molecule has 0 fully saturated rings. The zero-order valence-electron chi connectivity index (χ0n) is 6.86. The summed E-state index contributed by atoms with van der Waals surface area (Å²) in [5.74, 6) is -0.215. The van der Waals surface area contributed by atoms with Gasteiger partial charge in [-0.05, 0) is 17.7 Å². The van der Waals surface area contributed by atoms with Crippen LogP contribution in [0.1, 0.15) is 11.1 Å². The quantitative estimate of drug-likeness (QED) is 0.609. The fourth-order valence-electron chi connectivity index (χ4n) is 1.25. The maximum absolute atomic E-state index is 10.9. The van der Waals surface area contributed by atoms with Crippen LogP contribution in [-0.2, 0) is 16.1 Å². The number of hydrogen-bond donors (Lipinski definition) is 1. The largest absolute Gasteiger partial charge is 0.508 e. The number of ether oxygens (including phenoxy) is 1. The SMILES string of the molecule is O=C1C=Cc2cccc(O)c2CO1. The summed E-state index contributed by atoms with van der Waals surface area (Å²) in [6, 6.07) is 5.13. The fourth-order valence-corrected chi connectivity index (χ4v) is 1.25. The van der Waals surface area contributed by atoms with Crippen LogP contribution in [0.25, 0.3) is 6.08 Å². The van der Waals surface area contributed by atoms with E-state index in [1.807, 2.05) is 6.07 Å². The number of carbonyl (C=O) groups is 1. The van der Waals surface area contributed by atoms with Crippen LogP contribution in [0.15, 0.2) is 24.3 Å². The highest BCUT2D eigenvalue weighted by molar-refractivity contribution is 5.88. The number of rotatable bonds is 0. The van der Waals surface area contributed by atoms with Crippen molar-refractivity contribution >= 4 is 12.0 Å². The Morgan fingerprint density at radius 3 is 3.00 bits per heavy atom. The van der Waals surface area contributed by atoms with Crippen molar-refractivity contribution in [2.75, 3.05) is 0 Å². The van der Waals surface area contributed by atoms with Crippen molar-refractivity contribution in [2.24, 2.45) is 0 Å². The van der Waals surface area contributed by atoms with E-state index in [2.05, 4.69) is 0 Å². The van der Waals surface area contributed by atoms with Crippen LogP contribution < -0.4 is 0 Å². The highest BCUT2D eigenvalue weighted by Gasteiger charge is 2.11. The van der Waals surface area contributed by atoms with Crippen molar-refractivity contribution < 1.29 is 14.6 Å². The van der Waals surface area contributed by atoms with Crippen molar-refractivity contribution in [1.29, 1.82) is 0 Å². The van der Waals surface area contributed by atoms with Gasteiger partial charge in [0.1, 0.15) is 12.4 Å². The van der Waals surface area contributed by atoms with Gasteiger partial charge in [0.2, 0.25) is 0 Å². The molecule has 0 bridgehead atoms. The van der Waals surface area contributed by atoms with E-state index < -0.39 is 0 Å². The van der Waals surface area contributed by atoms with Gasteiger partial charge in [-0.15, -0.1) is 0 Å². The molecule has 0 unspecified atom stereocenters. The molecule has 3 heteroatoms. The van der Waals surface area contributed by atoms with Crippen LogP contribution in [0.3, 0.4) is 0 Å². The summed E-state index contributed by atoms with van der Waals surface area (Å²) in [4.78, 5) is 10.9. The molecule has 0 aliphatic carbocycles. The lowest BCUT2D eigenvalue weighted by atomic mass is 10.1. The van der Waals surface area contributed by atoms with Crippen LogP contribution >= 0.6 is 0 Å². The highest BCUT2D eigenvalue weighted by atomic mass is 16.5. The number of phenolic OH excluding ortho intramolecular Hbond substituents is 1. The summed E-state index contributed by atoms with van der Waals surface area (Å²) >= 11 is 0. The maximum atomic E-state index is 10.9. The third-order valence-corrected chi connectivity index (χ3v) is 1.95. The van der Waals surface area contributed by atoms with Crippen molar-refractivity contribution in [3.8, 4) is 5.75 Å². The summed E-state index contributed by atoms with van der Waals surface area (Å²) in [6.07, 6.45) is 3.00. The Labute approximate surface area is 75.3 Å². The van der Waals surface area contributed by atoms with E-state index in [0.717, 1.165) is 5.56 Å². The van der Waals surface area contributed by atoms with Crippen LogP contribution in [0.5, 0.6) is 5.75 Å². The lowest BCUT2D eigenvalue weighted by molar-refractivity contribution is -0.138. The first-order valence-corrected chi connectivity index (χ1v) is 3.93. The number of esters is 1. The first-order valence-electron chi connectivity index (χ1n) is 3.93. The molecule has 0 aromatic heterocycles. The molecule has 0 saturated carbocycles. The molecule has 1 aromatic carbocycles. The Morgan fingerprint density at radius 2 is 2.15 bits per heavy atom. The monoisotopic (exact) mass is 176 g/mol. The lowest BCUT2D eigenvalue weighted by Gasteiger charge is -2.05. The average molecular weight is 176 g/mol. The molecular formula is C10H8O3. The van der Waals surface area contributed by atoms with E-state index in [-0.39, 0.29) is 18.3 Å². The predicted molar refractivity (Wildman–Crippen MR) is 46.9 cm³/mol. The summed E-state index contributed by atoms with van der Waals surface area (Å²) in [7, 11) is 0. The second-order valence-corrected chi connectivity index (χ2v) is 2.79. The summed E-state index contributed by atoms with van der Waals surface area (Å²) in [6.45, 7) is 0.133. The van der Waals surface area contributed by atoms with E-state index >= 15 is 0 Å². The third kappa shape index (κ3) is 1.40. The van der Waals surface area contributed by atoms with E-state index in [1.165, 1.54) is 6.08 Å². The third-order valence-electron chi connectivity index (χ3n) is 1.95. The molecule has 0 amide bonds. The van der Waals surface area contributed by atoms with Gasteiger partial charge in [-0.25, -0.2) is 4.79 Å². The Kier molecular flexibility index (Phi) is 1.77. The van der Waals surface area contributed by atoms with Gasteiger partial charge in [0.15, 0.2) is 0 Å². The number of aromatic hydroxyl groups is 1. The van der Waals surface area contributed by atoms with Gasteiger partial charge in [0, 0.05) is 11.6 Å². The van der Waals surface area contributed by atoms with Gasteiger partial charge in [-0.2, -0.15) is 0 Å². The molecule has 1 heterocycles. The van der Waals surface area contributed by atoms with Gasteiger partial charge >= 0.3 is 5.97 Å². The fraction of sp³-hybridized carbons (Fsp3) is 0.100. The zero-order valence-corrected chi connectivity index (χ0v) is 6.86. The minimum Gasteiger partial charge on any atom is -0.508 e. The van der Waals surface area contributed by atoms with E-state index in [9.17, 15) is 9.90 Å². The number of phenols is 1. The Morgan fingerprint density at radius 1 is 1.31 bits per heavy atom. The van der Waals surface area contributed by atoms with Crippen molar-refractivity contribution in [3.05, 3.63) is 35.4 Å². The van der Waals surface area contributed by atoms with E-state index in [4.69, 9.17) is 4.74 Å². The van der Waals surface area contributed by atoms with E-state index in [1.54, 1.807) is 18.2 Å². The normalized spacial score (nSPS) is 14.6. The van der Waals surface area contributed by atoms with Gasteiger partial charge in [0.25, 0.3) is 0 Å². The van der Waals surface area contributed by atoms with Gasteiger partial charge in [0.05, 0.1) is 0 Å². The average Bonchev–Trinajstić information content (AvgIpc) is 2.30. The second-order valence-electron chi connectivity index (χ2n) is 2.79. The molecular weight excluding hydrogens is 168 g/mol. The van der Waals surface area contributed by atoms with Crippen LogP contribution in [0, 0.1) is 0 Å². The summed E-state index contributed by atoms with van der Waals surface area (Å²) in [5, 5.41) is 9.44. The number of fused-ring (bicyclic) bond motifs is 1. The smallest absolute Gasteiger partial charge is 0.331 e. The second kappa shape index (κ2) is 2.94. The van der Waals surface area contributed by atoms with Gasteiger partial charge < -0.3 is 9.84 Å². The molecule has 0 saturated heterocycles. The molecule has 2 rings (SSSR count). The minimum absolute atomic E-state index is 0.133. The zero-order chi connectivity index (χ0) is 9.26. The molecule has 1 aliphatic heterocycles. The van der Waals surface area contributed by atoms with E-state index in [0.29, 0.717) is 5.56 Å². The standard InChI is InChI=1S/C10H8O3/c11-9-3-1-2-7-4-5-10(12)13-6-8(7)9/h1-5,11H,6H2. The molecule has 0 atom stereocenters. The lowest BCUT2D eigenvalue weighted by Crippen LogP contribution is -1.98. The number of carbonyl (C=O) groups excluding carboxylic acids is 1. The molecule has 13 heavy (non-hydrogen) atoms. The van der Waals surface area contributed by atoms with Crippen LogP contribution in [0.4, 0.5) is 0 Å². The number of hydrogen-bond acceptors (Lipinski definition) is 3. The molecule has 3 nitrogen and oxygen atoms in total.